The van der Waals surface area contributed by atoms with Crippen LogP contribution in [0.5, 0.6) is 5.75 Å². The predicted octanol–water partition coefficient (Wildman–Crippen LogP) is 2.78. The van der Waals surface area contributed by atoms with Gasteiger partial charge in [-0.15, -0.1) is 5.10 Å². The molecule has 7 heteroatoms. The molecule has 3 aromatic rings. The van der Waals surface area contributed by atoms with Crippen LogP contribution >= 0.6 is 0 Å². The summed E-state index contributed by atoms with van der Waals surface area (Å²) in [5, 5.41) is 23.0. The fourth-order valence-electron chi connectivity index (χ4n) is 3.21. The van der Waals surface area contributed by atoms with Gasteiger partial charge in [0.15, 0.2) is 17.2 Å². The van der Waals surface area contributed by atoms with E-state index < -0.39 is 11.4 Å². The van der Waals surface area contributed by atoms with E-state index in [0.29, 0.717) is 22.8 Å². The van der Waals surface area contributed by atoms with E-state index in [9.17, 15) is 9.90 Å². The van der Waals surface area contributed by atoms with Gasteiger partial charge in [0.2, 0.25) is 0 Å². The molecule has 0 saturated heterocycles. The molecule has 0 unspecified atom stereocenters. The summed E-state index contributed by atoms with van der Waals surface area (Å²) in [5.74, 6) is 0.243. The monoisotopic (exact) mass is 348 g/mol. The summed E-state index contributed by atoms with van der Waals surface area (Å²) >= 11 is 0. The molecule has 0 amide bonds. The molecular formula is C19H16N4O3. The fraction of sp³-hybridized carbons (Fsp3) is 0.263. The number of hydrogen-bond acceptors (Lipinski definition) is 5. The number of benzene rings is 1. The van der Waals surface area contributed by atoms with Gasteiger partial charge in [0.05, 0.1) is 30.9 Å². The third-order valence-electron chi connectivity index (χ3n) is 4.77. The Balaban J connectivity index is 1.90. The van der Waals surface area contributed by atoms with Crippen LogP contribution < -0.4 is 4.74 Å². The number of hydrogen-bond donors (Lipinski definition) is 1. The van der Waals surface area contributed by atoms with E-state index in [-0.39, 0.29) is 6.42 Å². The Bertz CT molecular complexity index is 1060. The molecule has 1 N–H and O–H groups in total. The van der Waals surface area contributed by atoms with E-state index in [1.54, 1.807) is 29.8 Å². The summed E-state index contributed by atoms with van der Waals surface area (Å²) in [6.45, 7) is 0. The minimum atomic E-state index is -0.852. The van der Waals surface area contributed by atoms with Crippen molar-refractivity contribution in [2.24, 2.45) is 0 Å². The standard InChI is InChI=1S/C19H16N4O3/c1-26-15-6-5-14(13-4-2-3-12(9-13)11-20)23-17(15)21-18(22-23)19(7-8-19)10-16(24)25/h2-6,9H,7-8,10H2,1H3,(H,24,25). The van der Waals surface area contributed by atoms with Gasteiger partial charge in [-0.05, 0) is 37.1 Å². The van der Waals surface area contributed by atoms with Crippen LogP contribution in [0.25, 0.3) is 16.9 Å². The minimum Gasteiger partial charge on any atom is -0.493 e. The summed E-state index contributed by atoms with van der Waals surface area (Å²) in [6.07, 6.45) is 1.54. The van der Waals surface area contributed by atoms with Gasteiger partial charge in [0.1, 0.15) is 0 Å². The number of fused-ring (bicyclic) bond motifs is 1. The molecule has 1 aromatic carbocycles. The lowest BCUT2D eigenvalue weighted by atomic mass is 10.0. The molecule has 1 saturated carbocycles. The van der Waals surface area contributed by atoms with E-state index >= 15 is 0 Å². The zero-order valence-electron chi connectivity index (χ0n) is 14.1. The van der Waals surface area contributed by atoms with Crippen LogP contribution in [0.1, 0.15) is 30.7 Å². The van der Waals surface area contributed by atoms with Gasteiger partial charge in [-0.25, -0.2) is 9.50 Å². The normalized spacial score (nSPS) is 14.8. The van der Waals surface area contributed by atoms with Crippen molar-refractivity contribution in [1.29, 1.82) is 5.26 Å². The molecule has 7 nitrogen and oxygen atoms in total. The number of nitriles is 1. The van der Waals surface area contributed by atoms with Crippen LogP contribution in [-0.4, -0.2) is 32.8 Å². The largest absolute Gasteiger partial charge is 0.493 e. The van der Waals surface area contributed by atoms with Crippen LogP contribution in [0, 0.1) is 11.3 Å². The lowest BCUT2D eigenvalue weighted by Crippen LogP contribution is -2.14. The second kappa shape index (κ2) is 5.85. The topological polar surface area (TPSA) is 101 Å². The van der Waals surface area contributed by atoms with Crippen molar-refractivity contribution in [3.05, 3.63) is 47.8 Å². The number of aliphatic carboxylic acids is 1. The Kier molecular flexibility index (Phi) is 3.62. The lowest BCUT2D eigenvalue weighted by Gasteiger charge is -2.08. The minimum absolute atomic E-state index is 0.0193. The Hall–Kier alpha value is -3.40. The summed E-state index contributed by atoms with van der Waals surface area (Å²) in [7, 11) is 1.56. The number of carbonyl (C=O) groups is 1. The van der Waals surface area contributed by atoms with Crippen molar-refractivity contribution in [3.8, 4) is 23.1 Å². The predicted molar refractivity (Wildman–Crippen MR) is 92.9 cm³/mol. The molecule has 2 heterocycles. The molecule has 0 radical (unpaired) electrons. The van der Waals surface area contributed by atoms with Crippen molar-refractivity contribution in [1.82, 2.24) is 14.6 Å². The van der Waals surface area contributed by atoms with Crippen molar-refractivity contribution in [3.63, 3.8) is 0 Å². The van der Waals surface area contributed by atoms with E-state index in [0.717, 1.165) is 24.1 Å². The maximum Gasteiger partial charge on any atom is 0.304 e. The van der Waals surface area contributed by atoms with Crippen LogP contribution in [0.3, 0.4) is 0 Å². The third kappa shape index (κ3) is 2.56. The SMILES string of the molecule is COc1ccc(-c2cccc(C#N)c2)n2nc(C3(CC(=O)O)CC3)nc12. The van der Waals surface area contributed by atoms with Crippen LogP contribution in [0.15, 0.2) is 36.4 Å². The number of methoxy groups -OCH3 is 1. The molecule has 1 aliphatic carbocycles. The second-order valence-electron chi connectivity index (χ2n) is 6.50. The quantitative estimate of drug-likeness (QED) is 0.761. The third-order valence-corrected chi connectivity index (χ3v) is 4.77. The smallest absolute Gasteiger partial charge is 0.304 e. The fourth-order valence-corrected chi connectivity index (χ4v) is 3.21. The number of carboxylic acid groups (broad SMARTS) is 1. The van der Waals surface area contributed by atoms with Crippen molar-refractivity contribution < 1.29 is 14.6 Å². The van der Waals surface area contributed by atoms with Gasteiger partial charge >= 0.3 is 5.97 Å². The van der Waals surface area contributed by atoms with Gasteiger partial charge in [-0.1, -0.05) is 12.1 Å². The first kappa shape index (κ1) is 16.1. The molecule has 0 aliphatic heterocycles. The Morgan fingerprint density at radius 3 is 2.85 bits per heavy atom. The number of nitrogens with zero attached hydrogens (tertiary/aromatic N) is 4. The molecule has 2 aromatic heterocycles. The summed E-state index contributed by atoms with van der Waals surface area (Å²) in [6, 6.07) is 13.0. The van der Waals surface area contributed by atoms with Crippen LogP contribution in [0.4, 0.5) is 0 Å². The molecule has 0 bridgehead atoms. The van der Waals surface area contributed by atoms with Gasteiger partial charge in [-0.2, -0.15) is 5.26 Å². The molecule has 130 valence electrons. The second-order valence-corrected chi connectivity index (χ2v) is 6.50. The van der Waals surface area contributed by atoms with Crippen molar-refractivity contribution >= 4 is 11.6 Å². The highest BCUT2D eigenvalue weighted by Crippen LogP contribution is 2.50. The molecular weight excluding hydrogens is 332 g/mol. The zero-order valence-corrected chi connectivity index (χ0v) is 14.1. The molecule has 26 heavy (non-hydrogen) atoms. The van der Waals surface area contributed by atoms with Gasteiger partial charge in [0, 0.05) is 11.0 Å². The van der Waals surface area contributed by atoms with Crippen LogP contribution in [-0.2, 0) is 10.2 Å². The van der Waals surface area contributed by atoms with Gasteiger partial charge < -0.3 is 9.84 Å². The van der Waals surface area contributed by atoms with Gasteiger partial charge in [-0.3, -0.25) is 4.79 Å². The summed E-state index contributed by atoms with van der Waals surface area (Å²) in [5.41, 5.74) is 2.20. The highest BCUT2D eigenvalue weighted by atomic mass is 16.5. The van der Waals surface area contributed by atoms with Crippen molar-refractivity contribution in [2.75, 3.05) is 7.11 Å². The first-order valence-electron chi connectivity index (χ1n) is 8.23. The maximum atomic E-state index is 11.2. The molecule has 1 aliphatic rings. The Morgan fingerprint density at radius 2 is 2.19 bits per heavy atom. The molecule has 0 spiro atoms. The maximum absolute atomic E-state index is 11.2. The Morgan fingerprint density at radius 1 is 1.38 bits per heavy atom. The number of rotatable bonds is 5. The number of carboxylic acids is 1. The van der Waals surface area contributed by atoms with E-state index in [1.807, 2.05) is 18.2 Å². The molecule has 0 atom stereocenters. The van der Waals surface area contributed by atoms with E-state index in [1.165, 1.54) is 0 Å². The highest BCUT2D eigenvalue weighted by Gasteiger charge is 2.49. The zero-order chi connectivity index (χ0) is 18.3. The number of ether oxygens (including phenoxy) is 1. The first-order valence-corrected chi connectivity index (χ1v) is 8.23. The molecule has 1 fully saturated rings. The van der Waals surface area contributed by atoms with Crippen molar-refractivity contribution in [2.45, 2.75) is 24.7 Å². The highest BCUT2D eigenvalue weighted by molar-refractivity contribution is 5.71. The van der Waals surface area contributed by atoms with Crippen LogP contribution in [0.2, 0.25) is 0 Å². The average Bonchev–Trinajstić information content (AvgIpc) is 3.27. The summed E-state index contributed by atoms with van der Waals surface area (Å²) in [4.78, 5) is 15.8. The number of aromatic nitrogens is 3. The van der Waals surface area contributed by atoms with E-state index in [2.05, 4.69) is 16.2 Å². The number of pyridine rings is 1. The molecule has 4 rings (SSSR count). The lowest BCUT2D eigenvalue weighted by molar-refractivity contribution is -0.137. The summed E-state index contributed by atoms with van der Waals surface area (Å²) < 4.78 is 7.07. The first-order chi connectivity index (χ1) is 12.6. The average molecular weight is 348 g/mol. The Labute approximate surface area is 149 Å². The van der Waals surface area contributed by atoms with E-state index in [4.69, 9.17) is 10.00 Å². The van der Waals surface area contributed by atoms with Gasteiger partial charge in [0.25, 0.3) is 0 Å².